The number of hydrogen-bond donors (Lipinski definition) is 2. The number of hydrogen-bond acceptors (Lipinski definition) is 4. The van der Waals surface area contributed by atoms with Crippen LogP contribution < -0.4 is 5.32 Å². The predicted octanol–water partition coefficient (Wildman–Crippen LogP) is 1.47. The topological polar surface area (TPSA) is 58.6 Å². The Hall–Kier alpha value is -0.610. The number of nitrogens with one attached hydrogen (secondary N) is 1. The molecule has 2 unspecified atom stereocenters. The van der Waals surface area contributed by atoms with E-state index in [1.807, 2.05) is 0 Å². The highest BCUT2D eigenvalue weighted by molar-refractivity contribution is 5.78. The van der Waals surface area contributed by atoms with Gasteiger partial charge in [0.1, 0.15) is 0 Å². The first-order valence-electron chi connectivity index (χ1n) is 5.98. The Balaban J connectivity index is 3.81. The summed E-state index contributed by atoms with van der Waals surface area (Å²) in [5.41, 5.74) is -1.44. The van der Waals surface area contributed by atoms with Crippen molar-refractivity contribution in [3.8, 4) is 0 Å². The van der Waals surface area contributed by atoms with Crippen LogP contribution in [0.4, 0.5) is 0 Å². The second kappa shape index (κ2) is 7.63. The number of rotatable bonds is 8. The maximum atomic E-state index is 11.2. The Morgan fingerprint density at radius 2 is 2.12 bits per heavy atom. The van der Waals surface area contributed by atoms with Crippen LogP contribution in [0.2, 0.25) is 0 Å². The molecule has 4 nitrogen and oxygen atoms in total. The molecule has 0 radical (unpaired) electrons. The Bertz CT molecular complexity index is 204. The number of aliphatic hydroxyl groups is 1. The molecule has 0 saturated carbocycles. The molecular formula is C12H25NO3. The van der Waals surface area contributed by atoms with Gasteiger partial charge < -0.3 is 15.2 Å². The van der Waals surface area contributed by atoms with Crippen molar-refractivity contribution in [2.75, 3.05) is 13.7 Å². The van der Waals surface area contributed by atoms with Gasteiger partial charge in [0.05, 0.1) is 7.11 Å². The second-order valence-electron chi connectivity index (χ2n) is 4.54. The molecule has 0 heterocycles. The lowest BCUT2D eigenvalue weighted by molar-refractivity contribution is -0.160. The van der Waals surface area contributed by atoms with E-state index in [0.717, 1.165) is 6.42 Å². The molecule has 0 rings (SSSR count). The van der Waals surface area contributed by atoms with Gasteiger partial charge in [-0.05, 0) is 20.3 Å². The van der Waals surface area contributed by atoms with Crippen molar-refractivity contribution >= 4 is 5.97 Å². The molecule has 0 fully saturated rings. The first kappa shape index (κ1) is 15.4. The van der Waals surface area contributed by atoms with Gasteiger partial charge in [0.2, 0.25) is 0 Å². The van der Waals surface area contributed by atoms with Crippen molar-refractivity contribution in [1.29, 1.82) is 0 Å². The van der Waals surface area contributed by atoms with Crippen LogP contribution in [0.1, 0.15) is 46.5 Å². The summed E-state index contributed by atoms with van der Waals surface area (Å²) in [6, 6.07) is 0.308. The molecule has 0 aromatic rings. The van der Waals surface area contributed by atoms with E-state index in [9.17, 15) is 9.90 Å². The van der Waals surface area contributed by atoms with Gasteiger partial charge in [-0.3, -0.25) is 0 Å². The van der Waals surface area contributed by atoms with Crippen LogP contribution in [0.25, 0.3) is 0 Å². The van der Waals surface area contributed by atoms with Gasteiger partial charge in [0, 0.05) is 12.6 Å². The molecule has 2 N–H and O–H groups in total. The lowest BCUT2D eigenvalue weighted by Gasteiger charge is -2.23. The number of esters is 1. The Kier molecular flexibility index (Phi) is 7.34. The van der Waals surface area contributed by atoms with Gasteiger partial charge >= 0.3 is 5.97 Å². The molecule has 0 amide bonds. The minimum atomic E-state index is -1.44. The smallest absolute Gasteiger partial charge is 0.338 e. The zero-order valence-corrected chi connectivity index (χ0v) is 10.9. The van der Waals surface area contributed by atoms with Crippen LogP contribution >= 0.6 is 0 Å². The van der Waals surface area contributed by atoms with E-state index in [4.69, 9.17) is 0 Å². The number of carbonyl (C=O) groups is 1. The fourth-order valence-electron chi connectivity index (χ4n) is 1.47. The van der Waals surface area contributed by atoms with Crippen molar-refractivity contribution < 1.29 is 14.6 Å². The molecule has 0 aliphatic carbocycles. The minimum Gasteiger partial charge on any atom is -0.467 e. The number of unbranched alkanes of at least 4 members (excludes halogenated alkanes) is 2. The summed E-state index contributed by atoms with van der Waals surface area (Å²) in [5, 5.41) is 12.9. The lowest BCUT2D eigenvalue weighted by atomic mass is 10.1. The maximum absolute atomic E-state index is 11.2. The number of carbonyl (C=O) groups excluding carboxylic acids is 1. The summed E-state index contributed by atoms with van der Waals surface area (Å²) >= 11 is 0. The van der Waals surface area contributed by atoms with Crippen molar-refractivity contribution in [2.24, 2.45) is 0 Å². The van der Waals surface area contributed by atoms with E-state index in [1.54, 1.807) is 0 Å². The monoisotopic (exact) mass is 231 g/mol. The maximum Gasteiger partial charge on any atom is 0.338 e. The molecule has 0 aromatic carbocycles. The normalized spacial score (nSPS) is 16.6. The fraction of sp³-hybridized carbons (Fsp3) is 0.917. The molecule has 0 aliphatic rings. The SMILES string of the molecule is CCCCCC(C)NCC(C)(O)C(=O)OC. The standard InChI is InChI=1S/C12H25NO3/c1-5-6-7-8-10(2)13-9-12(3,15)11(14)16-4/h10,13,15H,5-9H2,1-4H3. The number of ether oxygens (including phenoxy) is 1. The van der Waals surface area contributed by atoms with Gasteiger partial charge in [-0.2, -0.15) is 0 Å². The summed E-state index contributed by atoms with van der Waals surface area (Å²) in [4.78, 5) is 11.2. The van der Waals surface area contributed by atoms with E-state index in [0.29, 0.717) is 6.04 Å². The summed E-state index contributed by atoms with van der Waals surface area (Å²) in [6.45, 7) is 5.92. The largest absolute Gasteiger partial charge is 0.467 e. The molecule has 96 valence electrons. The third-order valence-corrected chi connectivity index (χ3v) is 2.66. The summed E-state index contributed by atoms with van der Waals surface area (Å²) in [6.07, 6.45) is 4.65. The third-order valence-electron chi connectivity index (χ3n) is 2.66. The van der Waals surface area contributed by atoms with Crippen molar-refractivity contribution in [2.45, 2.75) is 58.1 Å². The third kappa shape index (κ3) is 6.08. The second-order valence-corrected chi connectivity index (χ2v) is 4.54. The molecule has 0 saturated heterocycles. The molecule has 0 aliphatic heterocycles. The average molecular weight is 231 g/mol. The van der Waals surface area contributed by atoms with E-state index in [1.165, 1.54) is 33.3 Å². The average Bonchev–Trinajstić information content (AvgIpc) is 2.25. The lowest BCUT2D eigenvalue weighted by Crippen LogP contribution is -2.47. The van der Waals surface area contributed by atoms with E-state index >= 15 is 0 Å². The van der Waals surface area contributed by atoms with Crippen LogP contribution in [-0.2, 0) is 9.53 Å². The van der Waals surface area contributed by atoms with Gasteiger partial charge in [-0.25, -0.2) is 4.79 Å². The quantitative estimate of drug-likeness (QED) is 0.490. The molecule has 4 heteroatoms. The first-order chi connectivity index (χ1) is 7.44. The van der Waals surface area contributed by atoms with Gasteiger partial charge in [-0.15, -0.1) is 0 Å². The highest BCUT2D eigenvalue weighted by atomic mass is 16.5. The van der Waals surface area contributed by atoms with E-state index in [2.05, 4.69) is 23.9 Å². The fourth-order valence-corrected chi connectivity index (χ4v) is 1.47. The van der Waals surface area contributed by atoms with Crippen LogP contribution in [0.15, 0.2) is 0 Å². The Morgan fingerprint density at radius 3 is 2.62 bits per heavy atom. The predicted molar refractivity (Wildman–Crippen MR) is 64.2 cm³/mol. The summed E-state index contributed by atoms with van der Waals surface area (Å²) in [7, 11) is 1.28. The highest BCUT2D eigenvalue weighted by Crippen LogP contribution is 2.07. The molecule has 0 aromatic heterocycles. The van der Waals surface area contributed by atoms with E-state index < -0.39 is 11.6 Å². The highest BCUT2D eigenvalue weighted by Gasteiger charge is 2.31. The van der Waals surface area contributed by atoms with Crippen LogP contribution in [0, 0.1) is 0 Å². The minimum absolute atomic E-state index is 0.229. The van der Waals surface area contributed by atoms with Gasteiger partial charge in [0.15, 0.2) is 5.60 Å². The summed E-state index contributed by atoms with van der Waals surface area (Å²) < 4.78 is 4.52. The van der Waals surface area contributed by atoms with Crippen LogP contribution in [0.3, 0.4) is 0 Å². The van der Waals surface area contributed by atoms with Crippen LogP contribution in [-0.4, -0.2) is 36.4 Å². The van der Waals surface area contributed by atoms with Gasteiger partial charge in [-0.1, -0.05) is 26.2 Å². The van der Waals surface area contributed by atoms with E-state index in [-0.39, 0.29) is 6.54 Å². The molecule has 2 atom stereocenters. The number of methoxy groups -OCH3 is 1. The zero-order chi connectivity index (χ0) is 12.6. The van der Waals surface area contributed by atoms with Crippen LogP contribution in [0.5, 0.6) is 0 Å². The molecule has 0 spiro atoms. The molecule has 0 bridgehead atoms. The molecular weight excluding hydrogens is 206 g/mol. The first-order valence-corrected chi connectivity index (χ1v) is 5.98. The van der Waals surface area contributed by atoms with Gasteiger partial charge in [0.25, 0.3) is 0 Å². The Labute approximate surface area is 98.4 Å². The Morgan fingerprint density at radius 1 is 1.50 bits per heavy atom. The molecule has 16 heavy (non-hydrogen) atoms. The zero-order valence-electron chi connectivity index (χ0n) is 10.9. The summed E-state index contributed by atoms with van der Waals surface area (Å²) in [5.74, 6) is -0.597. The van der Waals surface area contributed by atoms with Crippen molar-refractivity contribution in [1.82, 2.24) is 5.32 Å². The van der Waals surface area contributed by atoms with Crippen molar-refractivity contribution in [3.05, 3.63) is 0 Å². The van der Waals surface area contributed by atoms with Crippen molar-refractivity contribution in [3.63, 3.8) is 0 Å².